The Morgan fingerprint density at radius 2 is 1.95 bits per heavy atom. The average molecular weight is 272 g/mol. The molecule has 0 radical (unpaired) electrons. The molecule has 0 spiro atoms. The van der Waals surface area contributed by atoms with E-state index in [-0.39, 0.29) is 16.9 Å². The van der Waals surface area contributed by atoms with Gasteiger partial charge < -0.3 is 14.8 Å². The Balaban J connectivity index is 2.61. The third kappa shape index (κ3) is 5.37. The van der Waals surface area contributed by atoms with Crippen LogP contribution in [-0.4, -0.2) is 39.6 Å². The zero-order valence-corrected chi connectivity index (χ0v) is 12.8. The van der Waals surface area contributed by atoms with E-state index in [1.54, 1.807) is 7.11 Å². The molecule has 1 saturated carbocycles. The highest BCUT2D eigenvalue weighted by Gasteiger charge is 2.41. The lowest BCUT2D eigenvalue weighted by molar-refractivity contribution is 0.0523. The summed E-state index contributed by atoms with van der Waals surface area (Å²) in [5, 5.41) is 6.25. The molecule has 0 aromatic heterocycles. The van der Waals surface area contributed by atoms with E-state index in [4.69, 9.17) is 4.74 Å². The first-order valence-electron chi connectivity index (χ1n) is 6.84. The molecule has 1 rings (SSSR count). The van der Waals surface area contributed by atoms with Crippen LogP contribution in [0.1, 0.15) is 40.0 Å². The number of rotatable bonds is 5. The van der Waals surface area contributed by atoms with Crippen LogP contribution in [0.4, 0.5) is 4.79 Å². The molecule has 112 valence electrons. The van der Waals surface area contributed by atoms with Gasteiger partial charge in [-0.3, -0.25) is 5.32 Å². The van der Waals surface area contributed by atoms with Crippen molar-refractivity contribution in [2.45, 2.75) is 46.1 Å². The van der Waals surface area contributed by atoms with Gasteiger partial charge in [-0.05, 0) is 30.1 Å². The SMILES string of the molecule is COCNC1CC(C)(C)CC(C)(CNC(=O)OC)C1. The molecule has 0 aromatic carbocycles. The fraction of sp³-hybridized carbons (Fsp3) is 0.929. The van der Waals surface area contributed by atoms with E-state index in [9.17, 15) is 4.79 Å². The van der Waals surface area contributed by atoms with Crippen LogP contribution in [0.15, 0.2) is 0 Å². The quantitative estimate of drug-likeness (QED) is 0.753. The number of nitrogens with one attached hydrogen (secondary N) is 2. The highest BCUT2D eigenvalue weighted by molar-refractivity contribution is 5.66. The van der Waals surface area contributed by atoms with Gasteiger partial charge in [0, 0.05) is 19.7 Å². The van der Waals surface area contributed by atoms with Crippen molar-refractivity contribution in [2.24, 2.45) is 10.8 Å². The normalized spacial score (nSPS) is 29.8. The van der Waals surface area contributed by atoms with Crippen molar-refractivity contribution in [3.05, 3.63) is 0 Å². The maximum absolute atomic E-state index is 11.2. The van der Waals surface area contributed by atoms with Crippen molar-refractivity contribution < 1.29 is 14.3 Å². The third-order valence-electron chi connectivity index (χ3n) is 3.80. The van der Waals surface area contributed by atoms with Crippen molar-refractivity contribution >= 4 is 6.09 Å². The van der Waals surface area contributed by atoms with Gasteiger partial charge in [0.25, 0.3) is 0 Å². The second-order valence-corrected chi connectivity index (χ2v) is 6.74. The van der Waals surface area contributed by atoms with Crippen molar-refractivity contribution in [2.75, 3.05) is 27.5 Å². The van der Waals surface area contributed by atoms with Gasteiger partial charge in [-0.1, -0.05) is 20.8 Å². The van der Waals surface area contributed by atoms with Crippen LogP contribution >= 0.6 is 0 Å². The summed E-state index contributed by atoms with van der Waals surface area (Å²) in [5.41, 5.74) is 0.345. The summed E-state index contributed by atoms with van der Waals surface area (Å²) in [7, 11) is 3.09. The van der Waals surface area contributed by atoms with Gasteiger partial charge >= 0.3 is 6.09 Å². The van der Waals surface area contributed by atoms with Crippen LogP contribution in [0.2, 0.25) is 0 Å². The lowest BCUT2D eigenvalue weighted by atomic mass is 9.62. The molecule has 0 bridgehead atoms. The van der Waals surface area contributed by atoms with Gasteiger partial charge in [-0.25, -0.2) is 4.79 Å². The van der Waals surface area contributed by atoms with Crippen molar-refractivity contribution in [1.29, 1.82) is 0 Å². The Morgan fingerprint density at radius 3 is 2.53 bits per heavy atom. The average Bonchev–Trinajstić information content (AvgIpc) is 2.31. The van der Waals surface area contributed by atoms with Crippen LogP contribution in [0.25, 0.3) is 0 Å². The molecule has 1 aliphatic rings. The monoisotopic (exact) mass is 272 g/mol. The maximum Gasteiger partial charge on any atom is 0.406 e. The van der Waals surface area contributed by atoms with Gasteiger partial charge in [0.15, 0.2) is 0 Å². The van der Waals surface area contributed by atoms with Crippen LogP contribution in [-0.2, 0) is 9.47 Å². The molecular weight excluding hydrogens is 244 g/mol. The predicted octanol–water partition coefficient (Wildman–Crippen LogP) is 2.12. The van der Waals surface area contributed by atoms with Crippen molar-refractivity contribution in [1.82, 2.24) is 10.6 Å². The van der Waals surface area contributed by atoms with Crippen LogP contribution in [0.5, 0.6) is 0 Å². The number of alkyl carbamates (subject to hydrolysis) is 1. The Kier molecular flexibility index (Phi) is 5.62. The minimum atomic E-state index is -0.356. The molecule has 1 amide bonds. The highest BCUT2D eigenvalue weighted by Crippen LogP contribution is 2.45. The largest absolute Gasteiger partial charge is 0.453 e. The molecule has 1 fully saturated rings. The standard InChI is InChI=1S/C14H28N2O3/c1-13(2)6-11(16-10-18-4)7-14(3,8-13)9-15-12(17)19-5/h11,16H,6-10H2,1-5H3,(H,15,17). The first kappa shape index (κ1) is 16.2. The third-order valence-corrected chi connectivity index (χ3v) is 3.80. The first-order chi connectivity index (χ1) is 8.80. The Labute approximate surface area is 116 Å². The van der Waals surface area contributed by atoms with E-state index >= 15 is 0 Å². The molecule has 0 aromatic rings. The van der Waals surface area contributed by atoms with E-state index in [0.717, 1.165) is 19.3 Å². The van der Waals surface area contributed by atoms with E-state index in [2.05, 4.69) is 36.1 Å². The molecule has 2 unspecified atom stereocenters. The molecule has 0 saturated heterocycles. The fourth-order valence-electron chi connectivity index (χ4n) is 3.47. The summed E-state index contributed by atoms with van der Waals surface area (Å²) < 4.78 is 9.74. The Bertz CT molecular complexity index is 307. The van der Waals surface area contributed by atoms with Crippen molar-refractivity contribution in [3.63, 3.8) is 0 Å². The van der Waals surface area contributed by atoms with E-state index in [1.165, 1.54) is 7.11 Å². The smallest absolute Gasteiger partial charge is 0.406 e. The molecule has 0 heterocycles. The second kappa shape index (κ2) is 6.57. The second-order valence-electron chi connectivity index (χ2n) is 6.74. The zero-order chi connectivity index (χ0) is 14.5. The lowest BCUT2D eigenvalue weighted by Crippen LogP contribution is -2.49. The molecule has 2 atom stereocenters. The number of carbonyl (C=O) groups is 1. The summed E-state index contributed by atoms with van der Waals surface area (Å²) >= 11 is 0. The molecule has 1 aliphatic carbocycles. The summed E-state index contributed by atoms with van der Waals surface area (Å²) in [6, 6.07) is 0.424. The summed E-state index contributed by atoms with van der Waals surface area (Å²) in [5.74, 6) is 0. The number of carbonyl (C=O) groups excluding carboxylic acids is 1. The number of hydrogen-bond acceptors (Lipinski definition) is 4. The van der Waals surface area contributed by atoms with Gasteiger partial charge in [-0.2, -0.15) is 0 Å². The summed E-state index contributed by atoms with van der Waals surface area (Å²) in [4.78, 5) is 11.2. The molecule has 0 aliphatic heterocycles. The molecule has 2 N–H and O–H groups in total. The molecular formula is C14H28N2O3. The van der Waals surface area contributed by atoms with Gasteiger partial charge in [-0.15, -0.1) is 0 Å². The topological polar surface area (TPSA) is 59.6 Å². The Hall–Kier alpha value is -0.810. The molecule has 5 heteroatoms. The van der Waals surface area contributed by atoms with Crippen LogP contribution in [0, 0.1) is 10.8 Å². The van der Waals surface area contributed by atoms with Crippen molar-refractivity contribution in [3.8, 4) is 0 Å². The maximum atomic E-state index is 11.2. The number of ether oxygens (including phenoxy) is 2. The van der Waals surface area contributed by atoms with Gasteiger partial charge in [0.1, 0.15) is 0 Å². The number of amides is 1. The first-order valence-corrected chi connectivity index (χ1v) is 6.84. The fourth-order valence-corrected chi connectivity index (χ4v) is 3.47. The van der Waals surface area contributed by atoms with E-state index in [0.29, 0.717) is 19.3 Å². The van der Waals surface area contributed by atoms with E-state index in [1.807, 2.05) is 0 Å². The summed E-state index contributed by atoms with van der Waals surface area (Å²) in [6.45, 7) is 8.01. The van der Waals surface area contributed by atoms with Gasteiger partial charge in [0.05, 0.1) is 13.8 Å². The number of hydrogen-bond donors (Lipinski definition) is 2. The van der Waals surface area contributed by atoms with E-state index < -0.39 is 0 Å². The summed E-state index contributed by atoms with van der Waals surface area (Å²) in [6.07, 6.45) is 2.90. The predicted molar refractivity (Wildman–Crippen MR) is 74.9 cm³/mol. The zero-order valence-electron chi connectivity index (χ0n) is 12.8. The lowest BCUT2D eigenvalue weighted by Gasteiger charge is -2.47. The highest BCUT2D eigenvalue weighted by atomic mass is 16.5. The molecule has 5 nitrogen and oxygen atoms in total. The minimum absolute atomic E-state index is 0.0847. The Morgan fingerprint density at radius 1 is 1.26 bits per heavy atom. The molecule has 19 heavy (non-hydrogen) atoms. The van der Waals surface area contributed by atoms with Crippen LogP contribution < -0.4 is 10.6 Å². The van der Waals surface area contributed by atoms with Crippen LogP contribution in [0.3, 0.4) is 0 Å². The number of methoxy groups -OCH3 is 2. The minimum Gasteiger partial charge on any atom is -0.453 e. The van der Waals surface area contributed by atoms with Gasteiger partial charge in [0.2, 0.25) is 0 Å².